The highest BCUT2D eigenvalue weighted by atomic mass is 79.9. The second kappa shape index (κ2) is 4.89. The first-order chi connectivity index (χ1) is 7.59. The first-order valence-electron chi connectivity index (χ1n) is 5.51. The fourth-order valence-corrected chi connectivity index (χ4v) is 2.71. The Hall–Kier alpha value is -0.340. The predicted molar refractivity (Wildman–Crippen MR) is 70.3 cm³/mol. The van der Waals surface area contributed by atoms with Crippen molar-refractivity contribution in [1.82, 2.24) is 0 Å². The highest BCUT2D eigenvalue weighted by Crippen LogP contribution is 2.33. The molecule has 0 heterocycles. The lowest BCUT2D eigenvalue weighted by Gasteiger charge is -2.11. The number of Topliss-reactive ketones (excluding diaryl/α,β-unsaturated/α-hetero) is 1. The summed E-state index contributed by atoms with van der Waals surface area (Å²) in [5.74, 6) is 0.656. The summed E-state index contributed by atoms with van der Waals surface area (Å²) in [5, 5.41) is 0.774. The number of ketones is 1. The monoisotopic (exact) mass is 300 g/mol. The Bertz CT molecular complexity index is 412. The second-order valence-electron chi connectivity index (χ2n) is 4.37. The summed E-state index contributed by atoms with van der Waals surface area (Å²) in [4.78, 5) is 11.8. The Labute approximate surface area is 109 Å². The zero-order valence-corrected chi connectivity index (χ0v) is 11.5. The van der Waals surface area contributed by atoms with E-state index in [2.05, 4.69) is 15.9 Å². The van der Waals surface area contributed by atoms with Crippen LogP contribution in [0.3, 0.4) is 0 Å². The number of hydrogen-bond acceptors (Lipinski definition) is 1. The van der Waals surface area contributed by atoms with Crippen LogP contribution in [0.25, 0.3) is 0 Å². The van der Waals surface area contributed by atoms with Crippen LogP contribution in [-0.2, 0) is 11.2 Å². The van der Waals surface area contributed by atoms with E-state index in [0.717, 1.165) is 35.4 Å². The Morgan fingerprint density at radius 1 is 1.56 bits per heavy atom. The molecule has 0 amide bonds. The molecule has 86 valence electrons. The normalized spacial score (nSPS) is 17.2. The first kappa shape index (κ1) is 12.1. The average Bonchev–Trinajstić information content (AvgIpc) is 3.07. The Morgan fingerprint density at radius 2 is 2.25 bits per heavy atom. The van der Waals surface area contributed by atoms with E-state index in [1.807, 2.05) is 25.1 Å². The fourth-order valence-electron chi connectivity index (χ4n) is 1.79. The molecule has 1 aromatic rings. The average molecular weight is 302 g/mol. The number of benzene rings is 1. The van der Waals surface area contributed by atoms with Crippen molar-refractivity contribution in [2.75, 3.05) is 0 Å². The van der Waals surface area contributed by atoms with E-state index >= 15 is 0 Å². The van der Waals surface area contributed by atoms with Gasteiger partial charge in [0.25, 0.3) is 0 Å². The van der Waals surface area contributed by atoms with E-state index in [-0.39, 0.29) is 4.83 Å². The summed E-state index contributed by atoms with van der Waals surface area (Å²) >= 11 is 9.54. The molecule has 0 saturated heterocycles. The Morgan fingerprint density at radius 3 is 2.88 bits per heavy atom. The number of alkyl halides is 1. The van der Waals surface area contributed by atoms with Gasteiger partial charge in [0.1, 0.15) is 5.78 Å². The van der Waals surface area contributed by atoms with Gasteiger partial charge in [-0.25, -0.2) is 0 Å². The summed E-state index contributed by atoms with van der Waals surface area (Å²) < 4.78 is 0. The highest BCUT2D eigenvalue weighted by molar-refractivity contribution is 9.10. The third-order valence-corrected chi connectivity index (χ3v) is 4.25. The number of rotatable bonds is 4. The minimum absolute atomic E-state index is 0.0582. The largest absolute Gasteiger partial charge is 0.298 e. The van der Waals surface area contributed by atoms with Crippen LogP contribution in [0.1, 0.15) is 24.0 Å². The van der Waals surface area contributed by atoms with Crippen LogP contribution in [0.2, 0.25) is 5.02 Å². The maximum atomic E-state index is 11.8. The molecule has 2 rings (SSSR count). The molecule has 0 spiro atoms. The maximum absolute atomic E-state index is 11.8. The van der Waals surface area contributed by atoms with Gasteiger partial charge >= 0.3 is 0 Å². The van der Waals surface area contributed by atoms with Crippen LogP contribution in [0, 0.1) is 12.8 Å². The molecule has 0 aliphatic heterocycles. The summed E-state index contributed by atoms with van der Waals surface area (Å²) in [5.41, 5.74) is 2.24. The molecule has 16 heavy (non-hydrogen) atoms. The Balaban J connectivity index is 2.08. The lowest BCUT2D eigenvalue weighted by atomic mass is 10.0. The molecule has 1 aromatic carbocycles. The van der Waals surface area contributed by atoms with Crippen LogP contribution in [-0.4, -0.2) is 10.6 Å². The third-order valence-electron chi connectivity index (χ3n) is 3.07. The molecule has 1 atom stereocenters. The Kier molecular flexibility index (Phi) is 3.70. The van der Waals surface area contributed by atoms with Crippen molar-refractivity contribution in [2.45, 2.75) is 31.0 Å². The van der Waals surface area contributed by atoms with Gasteiger partial charge in [0.2, 0.25) is 0 Å². The van der Waals surface area contributed by atoms with Crippen molar-refractivity contribution in [3.05, 3.63) is 34.3 Å². The summed E-state index contributed by atoms with van der Waals surface area (Å²) in [6.45, 7) is 2.00. The second-order valence-corrected chi connectivity index (χ2v) is 5.88. The van der Waals surface area contributed by atoms with Gasteiger partial charge in [-0.05, 0) is 43.4 Å². The minimum Gasteiger partial charge on any atom is -0.298 e. The van der Waals surface area contributed by atoms with Crippen LogP contribution < -0.4 is 0 Å². The third kappa shape index (κ3) is 2.67. The van der Waals surface area contributed by atoms with Gasteiger partial charge < -0.3 is 0 Å². The molecular formula is C13H14BrClO. The van der Waals surface area contributed by atoms with Crippen LogP contribution in [0.5, 0.6) is 0 Å². The van der Waals surface area contributed by atoms with Crippen molar-refractivity contribution in [2.24, 2.45) is 5.92 Å². The van der Waals surface area contributed by atoms with E-state index in [1.54, 1.807) is 0 Å². The number of hydrogen-bond donors (Lipinski definition) is 0. The molecule has 3 heteroatoms. The molecule has 0 N–H and O–H groups in total. The van der Waals surface area contributed by atoms with E-state index in [4.69, 9.17) is 11.6 Å². The van der Waals surface area contributed by atoms with E-state index in [9.17, 15) is 4.79 Å². The predicted octanol–water partition coefficient (Wildman–Crippen LogP) is 3.93. The summed E-state index contributed by atoms with van der Waals surface area (Å²) in [6, 6.07) is 5.86. The van der Waals surface area contributed by atoms with Crippen molar-refractivity contribution in [3.8, 4) is 0 Å². The van der Waals surface area contributed by atoms with Crippen LogP contribution in [0.4, 0.5) is 0 Å². The molecule has 1 fully saturated rings. The molecule has 1 saturated carbocycles. The molecule has 1 aliphatic carbocycles. The fraction of sp³-hybridized carbons (Fsp3) is 0.462. The molecule has 0 bridgehead atoms. The SMILES string of the molecule is Cc1c(Cl)cccc1CC(Br)C(=O)C1CC1. The summed E-state index contributed by atoms with van der Waals surface area (Å²) in [6.07, 6.45) is 2.87. The first-order valence-corrected chi connectivity index (χ1v) is 6.80. The lowest BCUT2D eigenvalue weighted by Crippen LogP contribution is -2.18. The van der Waals surface area contributed by atoms with Gasteiger partial charge in [-0.15, -0.1) is 0 Å². The minimum atomic E-state index is -0.0582. The highest BCUT2D eigenvalue weighted by Gasteiger charge is 2.33. The number of halogens is 2. The van der Waals surface area contributed by atoms with Crippen molar-refractivity contribution in [1.29, 1.82) is 0 Å². The molecular weight excluding hydrogens is 287 g/mol. The molecule has 0 aromatic heterocycles. The van der Waals surface area contributed by atoms with Crippen LogP contribution >= 0.6 is 27.5 Å². The van der Waals surface area contributed by atoms with Crippen molar-refractivity contribution in [3.63, 3.8) is 0 Å². The zero-order chi connectivity index (χ0) is 11.7. The molecule has 1 unspecified atom stereocenters. The maximum Gasteiger partial charge on any atom is 0.149 e. The van der Waals surface area contributed by atoms with Gasteiger partial charge in [-0.1, -0.05) is 39.7 Å². The van der Waals surface area contributed by atoms with Crippen molar-refractivity contribution < 1.29 is 4.79 Å². The topological polar surface area (TPSA) is 17.1 Å². The van der Waals surface area contributed by atoms with Gasteiger partial charge in [-0.2, -0.15) is 0 Å². The zero-order valence-electron chi connectivity index (χ0n) is 9.17. The van der Waals surface area contributed by atoms with Crippen molar-refractivity contribution >= 4 is 33.3 Å². The lowest BCUT2D eigenvalue weighted by molar-refractivity contribution is -0.119. The van der Waals surface area contributed by atoms with Gasteiger partial charge in [-0.3, -0.25) is 4.79 Å². The van der Waals surface area contributed by atoms with E-state index in [1.165, 1.54) is 0 Å². The molecule has 1 nitrogen and oxygen atoms in total. The summed E-state index contributed by atoms with van der Waals surface area (Å²) in [7, 11) is 0. The molecule has 1 aliphatic rings. The quantitative estimate of drug-likeness (QED) is 0.770. The standard InChI is InChI=1S/C13H14BrClO/c1-8-10(3-2-4-12(8)15)7-11(14)13(16)9-5-6-9/h2-4,9,11H,5-7H2,1H3. The smallest absolute Gasteiger partial charge is 0.149 e. The number of carbonyl (C=O) groups is 1. The van der Waals surface area contributed by atoms with Gasteiger partial charge in [0, 0.05) is 10.9 Å². The van der Waals surface area contributed by atoms with Crippen LogP contribution in [0.15, 0.2) is 18.2 Å². The van der Waals surface area contributed by atoms with Gasteiger partial charge in [0.15, 0.2) is 0 Å². The van der Waals surface area contributed by atoms with Gasteiger partial charge in [0.05, 0.1) is 4.83 Å². The molecule has 0 radical (unpaired) electrons. The van der Waals surface area contributed by atoms with E-state index < -0.39 is 0 Å². The number of carbonyl (C=O) groups excluding carboxylic acids is 1. The van der Waals surface area contributed by atoms with E-state index in [0.29, 0.717) is 11.7 Å².